The smallest absolute Gasteiger partial charge is 0.227 e. The van der Waals surface area contributed by atoms with Gasteiger partial charge in [-0.05, 0) is 23.3 Å². The maximum Gasteiger partial charge on any atom is 0.227 e. The molecule has 1 saturated heterocycles. The van der Waals surface area contributed by atoms with Crippen LogP contribution < -0.4 is 14.8 Å². The Bertz CT molecular complexity index is 806. The van der Waals surface area contributed by atoms with Gasteiger partial charge in [0.15, 0.2) is 0 Å². The molecule has 0 saturated carbocycles. The van der Waals surface area contributed by atoms with Gasteiger partial charge in [0.1, 0.15) is 11.5 Å². The number of nitrogens with one attached hydrogen (secondary N) is 1. The zero-order valence-corrected chi connectivity index (χ0v) is 15.0. The van der Waals surface area contributed by atoms with E-state index >= 15 is 0 Å². The van der Waals surface area contributed by atoms with Crippen molar-refractivity contribution in [3.05, 3.63) is 59.2 Å². The van der Waals surface area contributed by atoms with Crippen LogP contribution in [0.5, 0.6) is 11.5 Å². The second kappa shape index (κ2) is 7.38. The van der Waals surface area contributed by atoms with Crippen LogP contribution in [0.1, 0.15) is 22.7 Å². The average molecular weight is 352 g/mol. The number of hydrogen-bond acceptors (Lipinski definition) is 4. The third-order valence-electron chi connectivity index (χ3n) is 5.17. The van der Waals surface area contributed by atoms with E-state index < -0.39 is 0 Å². The molecule has 1 atom stereocenters. The van der Waals surface area contributed by atoms with Crippen LogP contribution >= 0.6 is 0 Å². The summed E-state index contributed by atoms with van der Waals surface area (Å²) in [6.07, 6.45) is 1.34. The summed E-state index contributed by atoms with van der Waals surface area (Å²) in [6, 6.07) is 14.0. The van der Waals surface area contributed by atoms with E-state index in [0.717, 1.165) is 48.7 Å². The molecule has 5 nitrogen and oxygen atoms in total. The molecule has 136 valence electrons. The van der Waals surface area contributed by atoms with Crippen LogP contribution in [0.25, 0.3) is 0 Å². The molecule has 2 aromatic rings. The molecule has 2 aromatic carbocycles. The molecular formula is C21H24N2O3. The summed E-state index contributed by atoms with van der Waals surface area (Å²) >= 11 is 0. The van der Waals surface area contributed by atoms with Crippen LogP contribution in [0.4, 0.5) is 0 Å². The minimum atomic E-state index is -0.00911. The quantitative estimate of drug-likeness (QED) is 0.918. The third-order valence-corrected chi connectivity index (χ3v) is 5.17. The molecule has 0 radical (unpaired) electrons. The summed E-state index contributed by atoms with van der Waals surface area (Å²) in [6.45, 7) is 3.00. The number of carbonyl (C=O) groups excluding carboxylic acids is 1. The predicted molar refractivity (Wildman–Crippen MR) is 99.7 cm³/mol. The lowest BCUT2D eigenvalue weighted by Crippen LogP contribution is -2.49. The zero-order valence-electron chi connectivity index (χ0n) is 15.0. The molecule has 2 heterocycles. The van der Waals surface area contributed by atoms with Crippen molar-refractivity contribution in [1.82, 2.24) is 10.2 Å². The fourth-order valence-corrected chi connectivity index (χ4v) is 3.85. The number of amides is 1. The molecule has 1 unspecified atom stereocenters. The third kappa shape index (κ3) is 3.27. The number of hydrogen-bond donors (Lipinski definition) is 1. The van der Waals surface area contributed by atoms with E-state index in [1.807, 2.05) is 41.3 Å². The fraction of sp³-hybridized carbons (Fsp3) is 0.381. The van der Waals surface area contributed by atoms with Gasteiger partial charge in [0, 0.05) is 31.6 Å². The molecule has 2 aliphatic heterocycles. The van der Waals surface area contributed by atoms with Crippen LogP contribution in [0.3, 0.4) is 0 Å². The van der Waals surface area contributed by atoms with Crippen molar-refractivity contribution in [1.29, 1.82) is 0 Å². The summed E-state index contributed by atoms with van der Waals surface area (Å²) in [5.74, 6) is 1.94. The van der Waals surface area contributed by atoms with Crippen molar-refractivity contribution in [2.75, 3.05) is 33.4 Å². The van der Waals surface area contributed by atoms with E-state index in [1.54, 1.807) is 7.11 Å². The van der Waals surface area contributed by atoms with Gasteiger partial charge in [-0.25, -0.2) is 0 Å². The SMILES string of the molecule is COc1ccccc1C1CNCCN1C(=O)Cc1ccc2c(c1)CCO2. The van der Waals surface area contributed by atoms with Crippen LogP contribution in [-0.4, -0.2) is 44.2 Å². The van der Waals surface area contributed by atoms with Crippen molar-refractivity contribution >= 4 is 5.91 Å². The Kier molecular flexibility index (Phi) is 4.80. The van der Waals surface area contributed by atoms with E-state index in [9.17, 15) is 4.79 Å². The van der Waals surface area contributed by atoms with Gasteiger partial charge in [-0.15, -0.1) is 0 Å². The number of carbonyl (C=O) groups is 1. The first-order valence-electron chi connectivity index (χ1n) is 9.14. The van der Waals surface area contributed by atoms with E-state index in [0.29, 0.717) is 13.0 Å². The number of rotatable bonds is 4. The maximum atomic E-state index is 13.1. The van der Waals surface area contributed by atoms with Crippen LogP contribution in [-0.2, 0) is 17.6 Å². The largest absolute Gasteiger partial charge is 0.496 e. The Labute approximate surface area is 153 Å². The summed E-state index contributed by atoms with van der Waals surface area (Å²) in [4.78, 5) is 15.1. The number of piperazine rings is 1. The van der Waals surface area contributed by atoms with E-state index in [2.05, 4.69) is 11.4 Å². The van der Waals surface area contributed by atoms with E-state index in [-0.39, 0.29) is 11.9 Å². The van der Waals surface area contributed by atoms with Gasteiger partial charge in [0.25, 0.3) is 0 Å². The van der Waals surface area contributed by atoms with Crippen molar-refractivity contribution in [2.24, 2.45) is 0 Å². The molecule has 2 aliphatic rings. The standard InChI is InChI=1S/C21H24N2O3/c1-25-20-5-3-2-4-17(20)18-14-22-9-10-23(18)21(24)13-15-6-7-19-16(12-15)8-11-26-19/h2-7,12,18,22H,8-11,13-14H2,1H3. The molecule has 0 bridgehead atoms. The number of fused-ring (bicyclic) bond motifs is 1. The van der Waals surface area contributed by atoms with E-state index in [4.69, 9.17) is 9.47 Å². The average Bonchev–Trinajstić information content (AvgIpc) is 3.15. The van der Waals surface area contributed by atoms with Gasteiger partial charge in [-0.3, -0.25) is 4.79 Å². The summed E-state index contributed by atoms with van der Waals surface area (Å²) in [7, 11) is 1.67. The second-order valence-electron chi connectivity index (χ2n) is 6.77. The highest BCUT2D eigenvalue weighted by atomic mass is 16.5. The van der Waals surface area contributed by atoms with Crippen molar-refractivity contribution in [2.45, 2.75) is 18.9 Å². The van der Waals surface area contributed by atoms with Gasteiger partial charge in [0.05, 0.1) is 26.2 Å². The van der Waals surface area contributed by atoms with Crippen molar-refractivity contribution < 1.29 is 14.3 Å². The minimum absolute atomic E-state index is 0.00911. The summed E-state index contributed by atoms with van der Waals surface area (Å²) in [5, 5.41) is 3.40. The Hall–Kier alpha value is -2.53. The van der Waals surface area contributed by atoms with Crippen molar-refractivity contribution in [3.8, 4) is 11.5 Å². The van der Waals surface area contributed by atoms with Gasteiger partial charge in [-0.1, -0.05) is 30.3 Å². The normalized spacial score (nSPS) is 19.0. The number of ether oxygens (including phenoxy) is 2. The van der Waals surface area contributed by atoms with Gasteiger partial charge in [-0.2, -0.15) is 0 Å². The first kappa shape index (κ1) is 16.9. The molecule has 1 N–H and O–H groups in total. The van der Waals surface area contributed by atoms with Gasteiger partial charge < -0.3 is 19.7 Å². The van der Waals surface area contributed by atoms with Gasteiger partial charge >= 0.3 is 0 Å². The van der Waals surface area contributed by atoms with Crippen LogP contribution in [0.2, 0.25) is 0 Å². The molecular weight excluding hydrogens is 328 g/mol. The second-order valence-corrected chi connectivity index (χ2v) is 6.77. The number of para-hydroxylation sites is 1. The number of benzene rings is 2. The first-order chi connectivity index (χ1) is 12.8. The molecule has 1 amide bonds. The lowest BCUT2D eigenvalue weighted by atomic mass is 10.00. The zero-order chi connectivity index (χ0) is 17.9. The molecule has 0 aromatic heterocycles. The van der Waals surface area contributed by atoms with Gasteiger partial charge in [0.2, 0.25) is 5.91 Å². The Morgan fingerprint density at radius 2 is 2.19 bits per heavy atom. The predicted octanol–water partition coefficient (Wildman–Crippen LogP) is 2.35. The first-order valence-corrected chi connectivity index (χ1v) is 9.14. The lowest BCUT2D eigenvalue weighted by Gasteiger charge is -2.37. The highest BCUT2D eigenvalue weighted by molar-refractivity contribution is 5.79. The highest BCUT2D eigenvalue weighted by Gasteiger charge is 2.29. The summed E-state index contributed by atoms with van der Waals surface area (Å²) < 4.78 is 11.1. The Morgan fingerprint density at radius 1 is 1.31 bits per heavy atom. The fourth-order valence-electron chi connectivity index (χ4n) is 3.85. The Morgan fingerprint density at radius 3 is 3.08 bits per heavy atom. The van der Waals surface area contributed by atoms with Crippen LogP contribution in [0.15, 0.2) is 42.5 Å². The summed E-state index contributed by atoms with van der Waals surface area (Å²) in [5.41, 5.74) is 3.31. The van der Waals surface area contributed by atoms with Crippen molar-refractivity contribution in [3.63, 3.8) is 0 Å². The monoisotopic (exact) mass is 352 g/mol. The minimum Gasteiger partial charge on any atom is -0.496 e. The molecule has 26 heavy (non-hydrogen) atoms. The number of nitrogens with zero attached hydrogens (tertiary/aromatic N) is 1. The Balaban J connectivity index is 1.55. The highest BCUT2D eigenvalue weighted by Crippen LogP contribution is 2.31. The molecule has 5 heteroatoms. The number of methoxy groups -OCH3 is 1. The molecule has 0 aliphatic carbocycles. The molecule has 0 spiro atoms. The maximum absolute atomic E-state index is 13.1. The lowest BCUT2D eigenvalue weighted by molar-refractivity contribution is -0.133. The topological polar surface area (TPSA) is 50.8 Å². The molecule has 1 fully saturated rings. The molecule has 4 rings (SSSR count). The van der Waals surface area contributed by atoms with Crippen LogP contribution in [0, 0.1) is 0 Å². The van der Waals surface area contributed by atoms with E-state index in [1.165, 1.54) is 5.56 Å².